The van der Waals surface area contributed by atoms with Crippen molar-refractivity contribution in [2.75, 3.05) is 0 Å². The summed E-state index contributed by atoms with van der Waals surface area (Å²) in [4.78, 5) is 11.5. The van der Waals surface area contributed by atoms with Crippen molar-refractivity contribution in [1.82, 2.24) is 0 Å². The van der Waals surface area contributed by atoms with E-state index in [4.69, 9.17) is 11.2 Å². The molecule has 78 valence electrons. The third-order valence-electron chi connectivity index (χ3n) is 2.09. The Morgan fingerprint density at radius 2 is 2.13 bits per heavy atom. The maximum Gasteiger partial charge on any atom is 0.314 e. The molecule has 0 saturated carbocycles. The first-order chi connectivity index (χ1) is 7.24. The number of hydrogen-bond acceptors (Lipinski definition) is 2. The quantitative estimate of drug-likeness (QED) is 0.426. The highest BCUT2D eigenvalue weighted by atomic mass is 16.5. The van der Waals surface area contributed by atoms with Gasteiger partial charge < -0.3 is 4.74 Å². The standard InChI is InChI=1S/C13H14O2/c1-3-4-8-11(2)13(14)15-12-9-6-5-7-10-12/h1,5-7,9-11H,4,8H2,2H3. The fraction of sp³-hybridized carbons (Fsp3) is 0.308. The minimum Gasteiger partial charge on any atom is -0.426 e. The minimum atomic E-state index is -0.226. The molecule has 0 bridgehead atoms. The van der Waals surface area contributed by atoms with E-state index in [1.165, 1.54) is 0 Å². The van der Waals surface area contributed by atoms with Crippen LogP contribution in [-0.4, -0.2) is 5.97 Å². The van der Waals surface area contributed by atoms with Crippen LogP contribution in [-0.2, 0) is 4.79 Å². The second kappa shape index (κ2) is 5.87. The lowest BCUT2D eigenvalue weighted by Crippen LogP contribution is -2.17. The van der Waals surface area contributed by atoms with E-state index in [1.54, 1.807) is 12.1 Å². The number of carbonyl (C=O) groups excluding carboxylic acids is 1. The van der Waals surface area contributed by atoms with E-state index in [0.29, 0.717) is 18.6 Å². The molecule has 1 atom stereocenters. The summed E-state index contributed by atoms with van der Waals surface area (Å²) in [5, 5.41) is 0. The van der Waals surface area contributed by atoms with Crippen LogP contribution in [0.25, 0.3) is 0 Å². The van der Waals surface area contributed by atoms with Crippen molar-refractivity contribution in [1.29, 1.82) is 0 Å². The van der Waals surface area contributed by atoms with E-state index in [-0.39, 0.29) is 11.9 Å². The number of ether oxygens (including phenoxy) is 1. The molecule has 0 heterocycles. The van der Waals surface area contributed by atoms with Crippen LogP contribution in [0.15, 0.2) is 30.3 Å². The minimum absolute atomic E-state index is 0.152. The first kappa shape index (κ1) is 11.3. The van der Waals surface area contributed by atoms with E-state index in [0.717, 1.165) is 0 Å². The van der Waals surface area contributed by atoms with Crippen LogP contribution in [0.2, 0.25) is 0 Å². The number of esters is 1. The maximum absolute atomic E-state index is 11.5. The molecule has 0 fully saturated rings. The number of carbonyl (C=O) groups is 1. The lowest BCUT2D eigenvalue weighted by atomic mass is 10.1. The van der Waals surface area contributed by atoms with E-state index in [9.17, 15) is 4.79 Å². The number of benzene rings is 1. The normalized spacial score (nSPS) is 11.5. The van der Waals surface area contributed by atoms with E-state index >= 15 is 0 Å². The Bertz CT molecular complexity index is 349. The lowest BCUT2D eigenvalue weighted by Gasteiger charge is -2.09. The number of para-hydroxylation sites is 1. The monoisotopic (exact) mass is 202 g/mol. The summed E-state index contributed by atoms with van der Waals surface area (Å²) in [6, 6.07) is 9.04. The molecule has 0 saturated heterocycles. The first-order valence-electron chi connectivity index (χ1n) is 4.94. The van der Waals surface area contributed by atoms with E-state index < -0.39 is 0 Å². The number of hydrogen-bond donors (Lipinski definition) is 0. The van der Waals surface area contributed by atoms with Gasteiger partial charge in [0.05, 0.1) is 5.92 Å². The van der Waals surface area contributed by atoms with Gasteiger partial charge in [-0.1, -0.05) is 25.1 Å². The zero-order chi connectivity index (χ0) is 11.1. The van der Waals surface area contributed by atoms with Crippen molar-refractivity contribution >= 4 is 5.97 Å². The van der Waals surface area contributed by atoms with Crippen LogP contribution in [0.4, 0.5) is 0 Å². The van der Waals surface area contributed by atoms with Gasteiger partial charge in [-0.25, -0.2) is 0 Å². The van der Waals surface area contributed by atoms with Crippen LogP contribution in [0.3, 0.4) is 0 Å². The molecular formula is C13H14O2. The average Bonchev–Trinajstić information content (AvgIpc) is 2.27. The molecule has 15 heavy (non-hydrogen) atoms. The molecule has 2 heteroatoms. The topological polar surface area (TPSA) is 26.3 Å². The average molecular weight is 202 g/mol. The predicted molar refractivity (Wildman–Crippen MR) is 59.3 cm³/mol. The third kappa shape index (κ3) is 3.86. The summed E-state index contributed by atoms with van der Waals surface area (Å²) in [5.41, 5.74) is 0. The Hall–Kier alpha value is -1.75. The summed E-state index contributed by atoms with van der Waals surface area (Å²) in [6.45, 7) is 1.82. The smallest absolute Gasteiger partial charge is 0.314 e. The molecule has 1 unspecified atom stereocenters. The van der Waals surface area contributed by atoms with Crippen LogP contribution in [0.1, 0.15) is 19.8 Å². The van der Waals surface area contributed by atoms with Crippen molar-refractivity contribution < 1.29 is 9.53 Å². The van der Waals surface area contributed by atoms with Crippen molar-refractivity contribution in [3.8, 4) is 18.1 Å². The Balaban J connectivity index is 2.46. The van der Waals surface area contributed by atoms with Crippen LogP contribution in [0.5, 0.6) is 5.75 Å². The van der Waals surface area contributed by atoms with E-state index in [1.807, 2.05) is 25.1 Å². The zero-order valence-corrected chi connectivity index (χ0v) is 8.77. The van der Waals surface area contributed by atoms with Gasteiger partial charge in [0.2, 0.25) is 0 Å². The first-order valence-corrected chi connectivity index (χ1v) is 4.94. The summed E-state index contributed by atoms with van der Waals surface area (Å²) in [6.07, 6.45) is 6.40. The highest BCUT2D eigenvalue weighted by Gasteiger charge is 2.14. The molecule has 0 aliphatic heterocycles. The highest BCUT2D eigenvalue weighted by molar-refractivity contribution is 5.74. The van der Waals surface area contributed by atoms with Gasteiger partial charge in [-0.15, -0.1) is 12.3 Å². The maximum atomic E-state index is 11.5. The predicted octanol–water partition coefficient (Wildman–Crippen LogP) is 2.64. The van der Waals surface area contributed by atoms with E-state index in [2.05, 4.69) is 5.92 Å². The fourth-order valence-corrected chi connectivity index (χ4v) is 1.12. The Morgan fingerprint density at radius 3 is 2.73 bits per heavy atom. The van der Waals surface area contributed by atoms with Crippen molar-refractivity contribution in [2.24, 2.45) is 5.92 Å². The van der Waals surface area contributed by atoms with Crippen molar-refractivity contribution in [3.05, 3.63) is 30.3 Å². The number of terminal acetylenes is 1. The van der Waals surface area contributed by atoms with Gasteiger partial charge in [-0.05, 0) is 18.6 Å². The largest absolute Gasteiger partial charge is 0.426 e. The second-order valence-corrected chi connectivity index (χ2v) is 3.38. The van der Waals surface area contributed by atoms with Gasteiger partial charge in [0.15, 0.2) is 0 Å². The van der Waals surface area contributed by atoms with Gasteiger partial charge >= 0.3 is 5.97 Å². The number of rotatable bonds is 4. The van der Waals surface area contributed by atoms with Crippen molar-refractivity contribution in [2.45, 2.75) is 19.8 Å². The molecule has 0 aliphatic carbocycles. The summed E-state index contributed by atoms with van der Waals surface area (Å²) >= 11 is 0. The van der Waals surface area contributed by atoms with Crippen molar-refractivity contribution in [3.63, 3.8) is 0 Å². The van der Waals surface area contributed by atoms with Gasteiger partial charge in [-0.3, -0.25) is 4.79 Å². The summed E-state index contributed by atoms with van der Waals surface area (Å²) in [5.74, 6) is 2.71. The SMILES string of the molecule is C#CCCC(C)C(=O)Oc1ccccc1. The molecular weight excluding hydrogens is 188 g/mol. The van der Waals surface area contributed by atoms with Gasteiger partial charge in [-0.2, -0.15) is 0 Å². The van der Waals surface area contributed by atoms with Gasteiger partial charge in [0.1, 0.15) is 5.75 Å². The highest BCUT2D eigenvalue weighted by Crippen LogP contribution is 2.13. The Morgan fingerprint density at radius 1 is 1.47 bits per heavy atom. The van der Waals surface area contributed by atoms with Crippen LogP contribution in [0, 0.1) is 18.3 Å². The second-order valence-electron chi connectivity index (χ2n) is 3.38. The van der Waals surface area contributed by atoms with Gasteiger partial charge in [0, 0.05) is 6.42 Å². The summed E-state index contributed by atoms with van der Waals surface area (Å²) in [7, 11) is 0. The fourth-order valence-electron chi connectivity index (χ4n) is 1.12. The van der Waals surface area contributed by atoms with Gasteiger partial charge in [0.25, 0.3) is 0 Å². The molecule has 0 aliphatic rings. The summed E-state index contributed by atoms with van der Waals surface area (Å²) < 4.78 is 5.17. The van der Waals surface area contributed by atoms with Crippen LogP contribution < -0.4 is 4.74 Å². The Labute approximate surface area is 90.3 Å². The zero-order valence-electron chi connectivity index (χ0n) is 8.77. The Kier molecular flexibility index (Phi) is 4.43. The molecule has 1 aromatic rings. The molecule has 0 aromatic heterocycles. The molecule has 2 nitrogen and oxygen atoms in total. The molecule has 0 spiro atoms. The lowest BCUT2D eigenvalue weighted by molar-refractivity contribution is -0.138. The molecule has 0 amide bonds. The third-order valence-corrected chi connectivity index (χ3v) is 2.09. The molecule has 0 radical (unpaired) electrons. The van der Waals surface area contributed by atoms with Crippen LogP contribution >= 0.6 is 0 Å². The molecule has 0 N–H and O–H groups in total. The molecule has 1 rings (SSSR count). The molecule has 1 aromatic carbocycles.